The summed E-state index contributed by atoms with van der Waals surface area (Å²) in [5.41, 5.74) is 2.66. The number of phenols is 1. The number of hydrogen-bond donors (Lipinski definition) is 1. The molecular formula is C28H31N3O3S. The molecule has 3 aliphatic carbocycles. The SMILES string of the molecule is O=C(/C=C/c1nccs1)N1CC[C@@]23CC[C@@H]1[C@@H]1Oc4c(O)ccc5c4[C@@]12CCN(CC1CC1)[C@@H]3C5. The molecule has 7 heteroatoms. The first-order valence-corrected chi connectivity index (χ1v) is 14.1. The number of ether oxygens (including phenoxy) is 1. The lowest BCUT2D eigenvalue weighted by molar-refractivity contribution is -0.140. The summed E-state index contributed by atoms with van der Waals surface area (Å²) >= 11 is 1.54. The van der Waals surface area contributed by atoms with Gasteiger partial charge in [0.2, 0.25) is 5.91 Å². The number of aromatic nitrogens is 1. The van der Waals surface area contributed by atoms with Gasteiger partial charge in [0.1, 0.15) is 11.1 Å². The monoisotopic (exact) mass is 489 g/mol. The number of piperidine rings is 1. The maximum absolute atomic E-state index is 13.6. The number of rotatable bonds is 4. The number of benzene rings is 1. The largest absolute Gasteiger partial charge is 0.504 e. The van der Waals surface area contributed by atoms with Gasteiger partial charge < -0.3 is 14.7 Å². The Morgan fingerprint density at radius 3 is 2.97 bits per heavy atom. The lowest BCUT2D eigenvalue weighted by Crippen LogP contribution is -2.72. The molecule has 1 aromatic carbocycles. The van der Waals surface area contributed by atoms with Crippen LogP contribution in [0.4, 0.5) is 0 Å². The summed E-state index contributed by atoms with van der Waals surface area (Å²) in [4.78, 5) is 22.8. The Morgan fingerprint density at radius 2 is 2.14 bits per heavy atom. The van der Waals surface area contributed by atoms with Crippen molar-refractivity contribution < 1.29 is 14.6 Å². The van der Waals surface area contributed by atoms with Gasteiger partial charge in [-0.3, -0.25) is 9.69 Å². The predicted octanol–water partition coefficient (Wildman–Crippen LogP) is 3.98. The van der Waals surface area contributed by atoms with Crippen LogP contribution in [0, 0.1) is 11.3 Å². The van der Waals surface area contributed by atoms with Crippen molar-refractivity contribution in [2.45, 2.75) is 68.5 Å². The van der Waals surface area contributed by atoms with Crippen LogP contribution in [0.15, 0.2) is 29.8 Å². The fourth-order valence-electron chi connectivity index (χ4n) is 8.82. The Kier molecular flexibility index (Phi) is 4.21. The van der Waals surface area contributed by atoms with E-state index in [4.69, 9.17) is 4.74 Å². The minimum Gasteiger partial charge on any atom is -0.504 e. The van der Waals surface area contributed by atoms with E-state index in [2.05, 4.69) is 20.9 Å². The number of hydrogen-bond acceptors (Lipinski definition) is 6. The number of fused-ring (bicyclic) bond motifs is 3. The number of carbonyl (C=O) groups is 1. The van der Waals surface area contributed by atoms with Crippen molar-refractivity contribution in [3.63, 3.8) is 0 Å². The third kappa shape index (κ3) is 2.63. The summed E-state index contributed by atoms with van der Waals surface area (Å²) in [7, 11) is 0. The lowest BCUT2D eigenvalue weighted by Gasteiger charge is -2.66. The van der Waals surface area contributed by atoms with Crippen LogP contribution in [0.5, 0.6) is 11.5 Å². The zero-order valence-electron chi connectivity index (χ0n) is 19.9. The van der Waals surface area contributed by atoms with Crippen molar-refractivity contribution in [1.82, 2.24) is 14.8 Å². The van der Waals surface area contributed by atoms with E-state index in [-0.39, 0.29) is 34.6 Å². The molecule has 182 valence electrons. The highest BCUT2D eigenvalue weighted by Gasteiger charge is 2.74. The molecule has 2 aromatic rings. The van der Waals surface area contributed by atoms with Crippen molar-refractivity contribution in [2.24, 2.45) is 11.3 Å². The van der Waals surface area contributed by atoms with Gasteiger partial charge in [-0.05, 0) is 75.1 Å². The van der Waals surface area contributed by atoms with E-state index >= 15 is 0 Å². The molecular weight excluding hydrogens is 458 g/mol. The van der Waals surface area contributed by atoms with E-state index in [9.17, 15) is 9.90 Å². The van der Waals surface area contributed by atoms with Gasteiger partial charge in [0, 0.05) is 53.2 Å². The molecule has 4 bridgehead atoms. The fraction of sp³-hybridized carbons (Fsp3) is 0.571. The van der Waals surface area contributed by atoms with E-state index in [0.29, 0.717) is 11.8 Å². The first kappa shape index (κ1) is 20.8. The Morgan fingerprint density at radius 1 is 1.23 bits per heavy atom. The van der Waals surface area contributed by atoms with Crippen LogP contribution < -0.4 is 4.74 Å². The molecule has 1 N–H and O–H groups in total. The predicted molar refractivity (Wildman–Crippen MR) is 134 cm³/mol. The third-order valence-corrected chi connectivity index (χ3v) is 11.0. The summed E-state index contributed by atoms with van der Waals surface area (Å²) in [5.74, 6) is 1.90. The van der Waals surface area contributed by atoms with Crippen molar-refractivity contribution >= 4 is 23.3 Å². The van der Waals surface area contributed by atoms with Crippen LogP contribution >= 0.6 is 11.3 Å². The Bertz CT molecular complexity index is 1240. The molecule has 1 amide bonds. The van der Waals surface area contributed by atoms with Crippen LogP contribution in [0.1, 0.15) is 54.7 Å². The number of thiazole rings is 1. The molecule has 2 saturated carbocycles. The van der Waals surface area contributed by atoms with E-state index in [0.717, 1.165) is 56.1 Å². The highest BCUT2D eigenvalue weighted by Crippen LogP contribution is 2.71. The highest BCUT2D eigenvalue weighted by molar-refractivity contribution is 7.10. The van der Waals surface area contributed by atoms with Crippen molar-refractivity contribution in [3.05, 3.63) is 45.9 Å². The number of nitrogens with zero attached hydrogens (tertiary/aromatic N) is 3. The molecule has 9 rings (SSSR count). The van der Waals surface area contributed by atoms with Gasteiger partial charge in [-0.1, -0.05) is 6.07 Å². The van der Waals surface area contributed by atoms with Gasteiger partial charge >= 0.3 is 0 Å². The van der Waals surface area contributed by atoms with Crippen molar-refractivity contribution in [2.75, 3.05) is 19.6 Å². The van der Waals surface area contributed by atoms with Gasteiger partial charge in [0.25, 0.3) is 0 Å². The molecule has 35 heavy (non-hydrogen) atoms. The molecule has 3 saturated heterocycles. The maximum Gasteiger partial charge on any atom is 0.247 e. The number of amides is 1. The van der Waals surface area contributed by atoms with E-state index < -0.39 is 0 Å². The molecule has 5 heterocycles. The molecule has 0 unspecified atom stereocenters. The number of likely N-dealkylation sites (tertiary alicyclic amines) is 1. The summed E-state index contributed by atoms with van der Waals surface area (Å²) < 4.78 is 6.78. The second-order valence-electron chi connectivity index (χ2n) is 11.6. The van der Waals surface area contributed by atoms with E-state index in [1.165, 1.54) is 30.5 Å². The van der Waals surface area contributed by atoms with Gasteiger partial charge in [-0.2, -0.15) is 0 Å². The molecule has 4 aliphatic heterocycles. The van der Waals surface area contributed by atoms with Gasteiger partial charge in [0.05, 0.1) is 6.04 Å². The third-order valence-electron chi connectivity index (χ3n) is 10.3. The van der Waals surface area contributed by atoms with E-state index in [1.807, 2.05) is 17.5 Å². The summed E-state index contributed by atoms with van der Waals surface area (Å²) in [5, 5.41) is 13.7. The van der Waals surface area contributed by atoms with Crippen LogP contribution in [0.3, 0.4) is 0 Å². The number of carbonyl (C=O) groups excluding carboxylic acids is 1. The van der Waals surface area contributed by atoms with Crippen LogP contribution in [-0.2, 0) is 16.6 Å². The Labute approximate surface area is 209 Å². The average Bonchev–Trinajstić information content (AvgIpc) is 3.47. The average molecular weight is 490 g/mol. The summed E-state index contributed by atoms with van der Waals surface area (Å²) in [6.45, 7) is 3.10. The zero-order chi connectivity index (χ0) is 23.4. The van der Waals surface area contributed by atoms with Gasteiger partial charge in [-0.15, -0.1) is 11.3 Å². The molecule has 1 aromatic heterocycles. The standard InChI is InChI=1S/C28H31N3O3S/c32-20-4-3-18-15-21-27-8-7-19(31(13-9-27)23(33)6-5-22-29-11-14-35-22)26-28(27,24(18)25(20)34-26)10-12-30(21)16-17-1-2-17/h3-6,11,14,17,19,21,26,32H,1-2,7-10,12-13,15-16H2/b6-5+/t19-,21-,26+,27-,28+/m1/s1. The van der Waals surface area contributed by atoms with Crippen LogP contribution in [0.2, 0.25) is 0 Å². The number of aromatic hydroxyl groups is 1. The minimum absolute atomic E-state index is 0.0347. The second-order valence-corrected chi connectivity index (χ2v) is 12.5. The molecule has 0 radical (unpaired) electrons. The van der Waals surface area contributed by atoms with Gasteiger partial charge in [0.15, 0.2) is 11.5 Å². The summed E-state index contributed by atoms with van der Waals surface area (Å²) in [6.07, 6.45) is 13.2. The number of phenolic OH excluding ortho intramolecular Hbond substituents is 1. The maximum atomic E-state index is 13.6. The normalized spacial score (nSPS) is 36.8. The van der Waals surface area contributed by atoms with Crippen LogP contribution in [-0.4, -0.2) is 63.6 Å². The quantitative estimate of drug-likeness (QED) is 0.658. The molecule has 6 nitrogen and oxygen atoms in total. The zero-order valence-corrected chi connectivity index (χ0v) is 20.7. The van der Waals surface area contributed by atoms with E-state index in [1.54, 1.807) is 23.6 Å². The fourth-order valence-corrected chi connectivity index (χ4v) is 9.35. The van der Waals surface area contributed by atoms with Gasteiger partial charge in [-0.25, -0.2) is 4.98 Å². The lowest BCUT2D eigenvalue weighted by atomic mass is 9.42. The Balaban J connectivity index is 1.25. The van der Waals surface area contributed by atoms with Crippen LogP contribution in [0.25, 0.3) is 6.08 Å². The van der Waals surface area contributed by atoms with Crippen molar-refractivity contribution in [3.8, 4) is 11.5 Å². The molecule has 7 aliphatic rings. The second kappa shape index (κ2) is 7.10. The topological polar surface area (TPSA) is 65.9 Å². The molecule has 5 fully saturated rings. The first-order valence-electron chi connectivity index (χ1n) is 13.2. The first-order chi connectivity index (χ1) is 17.1. The minimum atomic E-state index is -0.101. The summed E-state index contributed by atoms with van der Waals surface area (Å²) in [6, 6.07) is 4.51. The molecule has 5 atom stereocenters. The highest BCUT2D eigenvalue weighted by atomic mass is 32.1. The molecule has 2 spiro atoms. The smallest absolute Gasteiger partial charge is 0.247 e. The Hall–Kier alpha value is -2.38. The van der Waals surface area contributed by atoms with Crippen molar-refractivity contribution in [1.29, 1.82) is 0 Å².